The summed E-state index contributed by atoms with van der Waals surface area (Å²) in [5, 5.41) is 2.79. The van der Waals surface area contributed by atoms with Crippen LogP contribution < -0.4 is 10.0 Å². The number of amides is 1. The van der Waals surface area contributed by atoms with Gasteiger partial charge in [0.2, 0.25) is 0 Å². The molecule has 6 heteroatoms. The smallest absolute Gasteiger partial charge is 0.255 e. The molecule has 22 heavy (non-hydrogen) atoms. The second-order valence-electron chi connectivity index (χ2n) is 5.84. The lowest BCUT2D eigenvalue weighted by Crippen LogP contribution is -2.37. The van der Waals surface area contributed by atoms with Crippen molar-refractivity contribution in [2.24, 2.45) is 0 Å². The van der Waals surface area contributed by atoms with Gasteiger partial charge in [0.15, 0.2) is 0 Å². The van der Waals surface area contributed by atoms with Crippen LogP contribution in [0.1, 0.15) is 31.1 Å². The Kier molecular flexibility index (Phi) is 5.05. The van der Waals surface area contributed by atoms with Crippen LogP contribution in [0.15, 0.2) is 53.7 Å². The molecule has 116 valence electrons. The molecule has 1 amide bonds. The molecule has 0 aliphatic rings. The predicted molar refractivity (Wildman–Crippen MR) is 87.9 cm³/mol. The van der Waals surface area contributed by atoms with Gasteiger partial charge >= 0.3 is 0 Å². The molecule has 0 radical (unpaired) electrons. The van der Waals surface area contributed by atoms with Crippen LogP contribution in [0.25, 0.3) is 0 Å². The number of nitrogens with zero attached hydrogens (tertiary/aromatic N) is 1. The van der Waals surface area contributed by atoms with Gasteiger partial charge in [-0.05, 0) is 57.2 Å². The molecular formula is C16H19N3O2S. The van der Waals surface area contributed by atoms with E-state index < -0.39 is 11.0 Å². The highest BCUT2D eigenvalue weighted by Gasteiger charge is 2.14. The Hall–Kier alpha value is -2.05. The second kappa shape index (κ2) is 6.81. The number of hydrogen-bond donors (Lipinski definition) is 2. The summed E-state index contributed by atoms with van der Waals surface area (Å²) in [5.74, 6) is -0.205. The lowest BCUT2D eigenvalue weighted by molar-refractivity contribution is 0.102. The molecule has 0 saturated carbocycles. The molecule has 5 nitrogen and oxygen atoms in total. The number of carbonyl (C=O) groups excluding carboxylic acids is 1. The molecule has 2 aromatic rings. The van der Waals surface area contributed by atoms with E-state index in [1.54, 1.807) is 48.8 Å². The van der Waals surface area contributed by atoms with Crippen LogP contribution in [0, 0.1) is 0 Å². The van der Waals surface area contributed by atoms with Crippen LogP contribution in [-0.4, -0.2) is 20.6 Å². The Morgan fingerprint density at radius 2 is 1.64 bits per heavy atom. The van der Waals surface area contributed by atoms with Gasteiger partial charge < -0.3 is 5.32 Å². The first-order valence-electron chi connectivity index (χ1n) is 6.86. The van der Waals surface area contributed by atoms with Crippen LogP contribution in [0.2, 0.25) is 0 Å². The SMILES string of the molecule is CC(C)(C)NS(=O)c1ccc(NC(=O)c2ccncc2)cc1. The summed E-state index contributed by atoms with van der Waals surface area (Å²) >= 11 is 0. The maximum Gasteiger partial charge on any atom is 0.255 e. The standard InChI is InChI=1S/C16H19N3O2S/c1-16(2,3)19-22(21)14-6-4-13(5-7-14)18-15(20)12-8-10-17-11-9-12/h4-11,19H,1-3H3,(H,18,20). The zero-order valence-electron chi connectivity index (χ0n) is 12.8. The first-order valence-corrected chi connectivity index (χ1v) is 8.01. The summed E-state index contributed by atoms with van der Waals surface area (Å²) in [6.07, 6.45) is 3.14. The Balaban J connectivity index is 2.03. The van der Waals surface area contributed by atoms with E-state index in [1.165, 1.54) is 0 Å². The molecule has 1 heterocycles. The summed E-state index contributed by atoms with van der Waals surface area (Å²) in [5.41, 5.74) is 0.953. The first kappa shape index (κ1) is 16.3. The van der Waals surface area contributed by atoms with Crippen molar-refractivity contribution in [3.05, 3.63) is 54.4 Å². The first-order chi connectivity index (χ1) is 10.3. The fraction of sp³-hybridized carbons (Fsp3) is 0.250. The van der Waals surface area contributed by atoms with Crippen LogP contribution in [0.4, 0.5) is 5.69 Å². The Labute approximate surface area is 132 Å². The highest BCUT2D eigenvalue weighted by Crippen LogP contribution is 2.14. The molecule has 2 N–H and O–H groups in total. The maximum atomic E-state index is 12.1. The molecule has 0 bridgehead atoms. The summed E-state index contributed by atoms with van der Waals surface area (Å²) in [6.45, 7) is 5.86. The lowest BCUT2D eigenvalue weighted by atomic mass is 10.1. The molecule has 0 saturated heterocycles. The Morgan fingerprint density at radius 1 is 1.05 bits per heavy atom. The number of hydrogen-bond acceptors (Lipinski definition) is 3. The highest BCUT2D eigenvalue weighted by atomic mass is 32.2. The molecule has 1 unspecified atom stereocenters. The molecule has 0 spiro atoms. The number of rotatable bonds is 4. The average Bonchev–Trinajstić information content (AvgIpc) is 2.47. The molecule has 1 aromatic heterocycles. The van der Waals surface area contributed by atoms with E-state index in [-0.39, 0.29) is 11.4 Å². The average molecular weight is 317 g/mol. The summed E-state index contributed by atoms with van der Waals surface area (Å²) in [4.78, 5) is 16.5. The number of aromatic nitrogens is 1. The minimum atomic E-state index is -1.28. The number of anilines is 1. The quantitative estimate of drug-likeness (QED) is 0.911. The van der Waals surface area contributed by atoms with Crippen LogP contribution >= 0.6 is 0 Å². The van der Waals surface area contributed by atoms with Crippen LogP contribution in [0.3, 0.4) is 0 Å². The van der Waals surface area contributed by atoms with E-state index in [4.69, 9.17) is 0 Å². The highest BCUT2D eigenvalue weighted by molar-refractivity contribution is 7.83. The largest absolute Gasteiger partial charge is 0.322 e. The Morgan fingerprint density at radius 3 is 2.18 bits per heavy atom. The summed E-state index contributed by atoms with van der Waals surface area (Å²) < 4.78 is 15.1. The summed E-state index contributed by atoms with van der Waals surface area (Å²) in [7, 11) is -1.28. The third kappa shape index (κ3) is 4.75. The van der Waals surface area contributed by atoms with Crippen LogP contribution in [0.5, 0.6) is 0 Å². The predicted octanol–water partition coefficient (Wildman–Crippen LogP) is 2.74. The number of pyridine rings is 1. The van der Waals surface area contributed by atoms with E-state index in [1.807, 2.05) is 20.8 Å². The molecular weight excluding hydrogens is 298 g/mol. The van der Waals surface area contributed by atoms with Gasteiger partial charge in [0.1, 0.15) is 11.0 Å². The molecule has 0 fully saturated rings. The van der Waals surface area contributed by atoms with Crippen molar-refractivity contribution in [2.45, 2.75) is 31.2 Å². The van der Waals surface area contributed by atoms with E-state index in [2.05, 4.69) is 15.0 Å². The molecule has 0 aliphatic heterocycles. The number of nitrogens with one attached hydrogen (secondary N) is 2. The minimum absolute atomic E-state index is 0.205. The number of carbonyl (C=O) groups is 1. The van der Waals surface area contributed by atoms with Crippen molar-refractivity contribution >= 4 is 22.6 Å². The van der Waals surface area contributed by atoms with Crippen LogP contribution in [-0.2, 0) is 11.0 Å². The Bertz CT molecular complexity index is 664. The zero-order chi connectivity index (χ0) is 16.2. The fourth-order valence-electron chi connectivity index (χ4n) is 1.71. The second-order valence-corrected chi connectivity index (χ2v) is 7.05. The van der Waals surface area contributed by atoms with E-state index >= 15 is 0 Å². The van der Waals surface area contributed by atoms with Gasteiger partial charge in [-0.15, -0.1) is 0 Å². The van der Waals surface area contributed by atoms with Crippen molar-refractivity contribution in [3.63, 3.8) is 0 Å². The van der Waals surface area contributed by atoms with E-state index in [0.717, 1.165) is 0 Å². The lowest BCUT2D eigenvalue weighted by Gasteiger charge is -2.19. The van der Waals surface area contributed by atoms with E-state index in [0.29, 0.717) is 16.1 Å². The summed E-state index contributed by atoms with van der Waals surface area (Å²) in [6, 6.07) is 10.2. The van der Waals surface area contributed by atoms with Gasteiger partial charge in [0, 0.05) is 29.2 Å². The van der Waals surface area contributed by atoms with E-state index in [9.17, 15) is 9.00 Å². The topological polar surface area (TPSA) is 71.1 Å². The van der Waals surface area contributed by atoms with Crippen molar-refractivity contribution in [1.29, 1.82) is 0 Å². The van der Waals surface area contributed by atoms with Crippen molar-refractivity contribution in [1.82, 2.24) is 9.71 Å². The van der Waals surface area contributed by atoms with Crippen molar-refractivity contribution in [2.75, 3.05) is 5.32 Å². The monoisotopic (exact) mass is 317 g/mol. The van der Waals surface area contributed by atoms with Gasteiger partial charge in [-0.2, -0.15) is 0 Å². The van der Waals surface area contributed by atoms with Crippen molar-refractivity contribution in [3.8, 4) is 0 Å². The van der Waals surface area contributed by atoms with Gasteiger partial charge in [-0.3, -0.25) is 9.78 Å². The van der Waals surface area contributed by atoms with Gasteiger partial charge in [0.05, 0.1) is 4.90 Å². The van der Waals surface area contributed by atoms with Crippen molar-refractivity contribution < 1.29 is 9.00 Å². The van der Waals surface area contributed by atoms with Gasteiger partial charge in [0.25, 0.3) is 5.91 Å². The molecule has 0 aliphatic carbocycles. The minimum Gasteiger partial charge on any atom is -0.322 e. The fourth-order valence-corrected chi connectivity index (χ4v) is 2.76. The normalized spacial score (nSPS) is 12.7. The third-order valence-corrected chi connectivity index (χ3v) is 4.17. The number of benzene rings is 1. The molecule has 2 rings (SSSR count). The molecule has 1 aromatic carbocycles. The zero-order valence-corrected chi connectivity index (χ0v) is 13.6. The third-order valence-electron chi connectivity index (χ3n) is 2.67. The van der Waals surface area contributed by atoms with Gasteiger partial charge in [-0.1, -0.05) is 0 Å². The van der Waals surface area contributed by atoms with Gasteiger partial charge in [-0.25, -0.2) is 8.93 Å². The molecule has 1 atom stereocenters. The maximum absolute atomic E-state index is 12.1.